The van der Waals surface area contributed by atoms with Gasteiger partial charge in [-0.15, -0.1) is 24.9 Å². The van der Waals surface area contributed by atoms with Crippen LogP contribution in [0.2, 0.25) is 0 Å². The third-order valence-corrected chi connectivity index (χ3v) is 12.9. The van der Waals surface area contributed by atoms with Crippen LogP contribution in [-0.2, 0) is 14.4 Å². The Morgan fingerprint density at radius 1 is 1.16 bits per heavy atom. The van der Waals surface area contributed by atoms with Crippen molar-refractivity contribution in [2.24, 2.45) is 11.8 Å². The molecular formula is C33H44BrN3O5S. The Morgan fingerprint density at radius 3 is 2.44 bits per heavy atom. The molecule has 1 aromatic rings. The number of aliphatic hydroxyl groups excluding tert-OH is 1. The fourth-order valence-electron chi connectivity index (χ4n) is 7.82. The van der Waals surface area contributed by atoms with Gasteiger partial charge in [-0.3, -0.25) is 14.4 Å². The summed E-state index contributed by atoms with van der Waals surface area (Å²) >= 11 is 5.50. The van der Waals surface area contributed by atoms with Crippen molar-refractivity contribution in [1.82, 2.24) is 9.80 Å². The van der Waals surface area contributed by atoms with Crippen molar-refractivity contribution in [3.8, 4) is 5.75 Å². The highest BCUT2D eigenvalue weighted by atomic mass is 79.9. The lowest BCUT2D eigenvalue weighted by molar-refractivity contribution is -0.146. The van der Waals surface area contributed by atoms with E-state index in [4.69, 9.17) is 4.74 Å². The van der Waals surface area contributed by atoms with E-state index in [1.807, 2.05) is 36.1 Å². The molecule has 1 spiro atoms. The number of carbonyl (C=O) groups excluding carboxylic acids is 3. The molecule has 8 nitrogen and oxygen atoms in total. The molecule has 3 unspecified atom stereocenters. The molecule has 0 aromatic heterocycles. The number of thioether (sulfide) groups is 1. The molecule has 5 rings (SSSR count). The molecule has 0 radical (unpaired) electrons. The topological polar surface area (TPSA) is 90.4 Å². The number of likely N-dealkylation sites (tertiary alicyclic amines) is 1. The van der Waals surface area contributed by atoms with E-state index in [9.17, 15) is 19.5 Å². The lowest BCUT2D eigenvalue weighted by atomic mass is 9.70. The first kappa shape index (κ1) is 32.1. The minimum atomic E-state index is -0.774. The highest BCUT2D eigenvalue weighted by molar-refractivity contribution is 9.09. The van der Waals surface area contributed by atoms with E-state index in [1.54, 1.807) is 40.6 Å². The van der Waals surface area contributed by atoms with Crippen molar-refractivity contribution in [1.29, 1.82) is 0 Å². The number of hydrogen-bond donors (Lipinski definition) is 1. The van der Waals surface area contributed by atoms with E-state index >= 15 is 0 Å². The van der Waals surface area contributed by atoms with Crippen LogP contribution in [0.4, 0.5) is 5.69 Å². The molecule has 1 saturated carbocycles. The van der Waals surface area contributed by atoms with Gasteiger partial charge >= 0.3 is 0 Å². The van der Waals surface area contributed by atoms with Crippen LogP contribution in [0.15, 0.2) is 49.6 Å². The largest absolute Gasteiger partial charge is 0.494 e. The minimum Gasteiger partial charge on any atom is -0.494 e. The summed E-state index contributed by atoms with van der Waals surface area (Å²) < 4.78 is 4.82. The highest BCUT2D eigenvalue weighted by Gasteiger charge is 2.76. The monoisotopic (exact) mass is 673 g/mol. The van der Waals surface area contributed by atoms with Crippen LogP contribution < -0.4 is 9.64 Å². The zero-order valence-corrected chi connectivity index (χ0v) is 27.6. The smallest absolute Gasteiger partial charge is 0.247 e. The molecule has 2 bridgehead atoms. The van der Waals surface area contributed by atoms with Crippen molar-refractivity contribution in [2.75, 3.05) is 31.2 Å². The van der Waals surface area contributed by atoms with E-state index in [0.29, 0.717) is 25.3 Å². The van der Waals surface area contributed by atoms with Crippen molar-refractivity contribution < 1.29 is 24.2 Å². The van der Waals surface area contributed by atoms with Gasteiger partial charge in [0.2, 0.25) is 17.7 Å². The first-order valence-electron chi connectivity index (χ1n) is 15.5. The number of aliphatic hydroxyl groups is 1. The summed E-state index contributed by atoms with van der Waals surface area (Å²) in [6.07, 6.45) is 9.23. The van der Waals surface area contributed by atoms with E-state index < -0.39 is 28.7 Å². The van der Waals surface area contributed by atoms with Gasteiger partial charge in [-0.1, -0.05) is 47.3 Å². The van der Waals surface area contributed by atoms with Crippen molar-refractivity contribution in [2.45, 2.75) is 85.3 Å². The van der Waals surface area contributed by atoms with E-state index in [-0.39, 0.29) is 47.0 Å². The number of rotatable bonds is 12. The van der Waals surface area contributed by atoms with Gasteiger partial charge < -0.3 is 24.5 Å². The van der Waals surface area contributed by atoms with E-state index in [2.05, 4.69) is 29.1 Å². The maximum Gasteiger partial charge on any atom is 0.247 e. The van der Waals surface area contributed by atoms with E-state index in [1.165, 1.54) is 0 Å². The van der Waals surface area contributed by atoms with Crippen molar-refractivity contribution in [3.63, 3.8) is 0 Å². The third-order valence-electron chi connectivity index (χ3n) is 9.65. The number of amides is 3. The summed E-state index contributed by atoms with van der Waals surface area (Å²) in [6.45, 7) is 12.5. The molecule has 3 amide bonds. The normalized spacial score (nSPS) is 30.6. The Bertz CT molecular complexity index is 1220. The van der Waals surface area contributed by atoms with Crippen molar-refractivity contribution in [3.05, 3.63) is 49.6 Å². The molecule has 1 N–H and O–H groups in total. The molecule has 1 aromatic carbocycles. The third kappa shape index (κ3) is 5.56. The second-order valence-corrected chi connectivity index (χ2v) is 14.9. The number of alkyl halides is 1. The second-order valence-electron chi connectivity index (χ2n) is 12.2. The van der Waals surface area contributed by atoms with Crippen LogP contribution >= 0.6 is 27.7 Å². The average Bonchev–Trinajstić information content (AvgIpc) is 3.62. The van der Waals surface area contributed by atoms with E-state index in [0.717, 1.165) is 37.9 Å². The molecule has 7 atom stereocenters. The number of halogens is 1. The number of ether oxygens (including phenoxy) is 1. The maximum atomic E-state index is 14.7. The summed E-state index contributed by atoms with van der Waals surface area (Å²) in [6, 6.07) is 6.17. The molecule has 3 heterocycles. The van der Waals surface area contributed by atoms with Crippen LogP contribution in [-0.4, -0.2) is 91.9 Å². The first-order valence-corrected chi connectivity index (χ1v) is 17.3. The lowest BCUT2D eigenvalue weighted by Gasteiger charge is -2.42. The average molecular weight is 675 g/mol. The summed E-state index contributed by atoms with van der Waals surface area (Å²) in [5.74, 6) is -1.02. The molecular weight excluding hydrogens is 630 g/mol. The summed E-state index contributed by atoms with van der Waals surface area (Å²) in [7, 11) is 0. The fourth-order valence-corrected chi connectivity index (χ4v) is 11.4. The molecule has 10 heteroatoms. The van der Waals surface area contributed by atoms with Crippen LogP contribution in [0.5, 0.6) is 5.75 Å². The SMILES string of the molecule is C=CCN(C(=O)[C@H]1[C@H]2C(=O)N([C@H](C)CO)C(C(=O)N(CC=C)C3CCCCC3)C23CC(Br)[C@@H]1S3)c1ccc(OCC)cc1. The van der Waals surface area contributed by atoms with Gasteiger partial charge in [0.05, 0.1) is 35.8 Å². The Balaban J connectivity index is 1.54. The summed E-state index contributed by atoms with van der Waals surface area (Å²) in [5, 5.41) is 10.1. The van der Waals surface area contributed by atoms with Gasteiger partial charge in [-0.2, -0.15) is 0 Å². The second kappa shape index (κ2) is 13.4. The number of hydrogen-bond acceptors (Lipinski definition) is 6. The number of nitrogens with zero attached hydrogens (tertiary/aromatic N) is 3. The Kier molecular flexibility index (Phi) is 9.98. The molecule has 3 saturated heterocycles. The number of benzene rings is 1. The van der Waals surface area contributed by atoms with Gasteiger partial charge in [0.1, 0.15) is 11.8 Å². The lowest BCUT2D eigenvalue weighted by Crippen LogP contribution is -2.59. The van der Waals surface area contributed by atoms with Gasteiger partial charge in [-0.25, -0.2) is 0 Å². The van der Waals surface area contributed by atoms with Crippen LogP contribution in [0.1, 0.15) is 52.4 Å². The van der Waals surface area contributed by atoms with Gasteiger partial charge in [0, 0.05) is 34.9 Å². The number of carbonyl (C=O) groups is 3. The molecule has 4 fully saturated rings. The minimum absolute atomic E-state index is 0.0383. The molecule has 234 valence electrons. The molecule has 43 heavy (non-hydrogen) atoms. The van der Waals surface area contributed by atoms with Crippen molar-refractivity contribution >= 4 is 51.1 Å². The molecule has 4 aliphatic rings. The van der Waals surface area contributed by atoms with Crippen LogP contribution in [0, 0.1) is 11.8 Å². The van der Waals surface area contributed by atoms with Gasteiger partial charge in [-0.05, 0) is 57.4 Å². The summed E-state index contributed by atoms with van der Waals surface area (Å²) in [4.78, 5) is 49.0. The zero-order valence-electron chi connectivity index (χ0n) is 25.2. The molecule has 3 aliphatic heterocycles. The predicted molar refractivity (Wildman–Crippen MR) is 175 cm³/mol. The zero-order chi connectivity index (χ0) is 30.9. The highest BCUT2D eigenvalue weighted by Crippen LogP contribution is 2.68. The van der Waals surface area contributed by atoms with Gasteiger partial charge in [0.25, 0.3) is 0 Å². The van der Waals surface area contributed by atoms with Gasteiger partial charge in [0.15, 0.2) is 0 Å². The fraction of sp³-hybridized carbons (Fsp3) is 0.606. The summed E-state index contributed by atoms with van der Waals surface area (Å²) in [5.41, 5.74) is 0.703. The molecule has 1 aliphatic carbocycles. The Labute approximate surface area is 268 Å². The Morgan fingerprint density at radius 2 is 1.84 bits per heavy atom. The standard InChI is InChI=1S/C33H44BrN3O5S/c1-5-17-35(23-13-15-24(16-14-23)42-7-3)30(39)26-27-31(40)37(21(4)20-38)29(33(27)19-25(34)28(26)43-33)32(41)36(18-6-2)22-11-9-8-10-12-22/h5-6,13-16,21-22,25-29,38H,1-2,7-12,17-20H2,3-4H3/t21-,25?,26+,27+,28+,29?,33?/m1/s1. The maximum absolute atomic E-state index is 14.7. The quantitative estimate of drug-likeness (QED) is 0.253. The van der Waals surface area contributed by atoms with Crippen LogP contribution in [0.25, 0.3) is 0 Å². The number of anilines is 1. The predicted octanol–water partition coefficient (Wildman–Crippen LogP) is 4.80. The first-order chi connectivity index (χ1) is 20.7. The van der Waals surface area contributed by atoms with Crippen LogP contribution in [0.3, 0.4) is 0 Å². The number of fused-ring (bicyclic) bond motifs is 1. The Hall–Kier alpha value is -2.30.